The molecule has 0 fully saturated rings. The van der Waals surface area contributed by atoms with E-state index >= 15 is 0 Å². The number of aromatic amines is 1. The molecule has 1 aromatic heterocycles. The Morgan fingerprint density at radius 3 is 1.65 bits per heavy atom. The maximum absolute atomic E-state index is 12.6. The van der Waals surface area contributed by atoms with Gasteiger partial charge in [-0.05, 0) is 48.5 Å². The van der Waals surface area contributed by atoms with Gasteiger partial charge in [0.25, 0.3) is 5.56 Å². The number of H-pyrrole nitrogens is 1. The zero-order valence-corrected chi connectivity index (χ0v) is 25.6. The predicted octanol–water partition coefficient (Wildman–Crippen LogP) is -9.24. The summed E-state index contributed by atoms with van der Waals surface area (Å²) < 4.78 is 66.5. The molecule has 0 atom stereocenters. The maximum atomic E-state index is 12.6. The Balaban J connectivity index is 0.00000363. The molecule has 0 saturated carbocycles. The van der Waals surface area contributed by atoms with E-state index in [4.69, 9.17) is 0 Å². The zero-order chi connectivity index (χ0) is 23.0. The van der Waals surface area contributed by atoms with E-state index in [1.165, 1.54) is 0 Å². The van der Waals surface area contributed by atoms with Gasteiger partial charge in [0.2, 0.25) is 0 Å². The first kappa shape index (κ1) is 33.3. The van der Waals surface area contributed by atoms with Gasteiger partial charge in [-0.3, -0.25) is 9.89 Å². The molecule has 0 aliphatic heterocycles. The number of hydrogen-bond donors (Lipinski definition) is 1. The number of nitrogens with one attached hydrogen (secondary N) is 1. The molecule has 0 saturated heterocycles. The molecule has 162 valence electrons. The van der Waals surface area contributed by atoms with Gasteiger partial charge in [0.15, 0.2) is 5.69 Å². The monoisotopic (exact) mass is 534 g/mol. The number of aromatic nitrogens is 2. The molecule has 2 aromatic carbocycles. The molecule has 0 bridgehead atoms. The van der Waals surface area contributed by atoms with Crippen molar-refractivity contribution in [2.45, 2.75) is 9.79 Å². The molecule has 34 heavy (non-hydrogen) atoms. The number of rotatable bonds is 6. The summed E-state index contributed by atoms with van der Waals surface area (Å²) in [5, 5.41) is 20.8. The van der Waals surface area contributed by atoms with E-state index in [-0.39, 0.29) is 100 Å². The number of benzene rings is 2. The number of hydrogen-bond acceptors (Lipinski definition) is 11. The predicted molar refractivity (Wildman–Crippen MR) is 97.3 cm³/mol. The summed E-state index contributed by atoms with van der Waals surface area (Å²) >= 11 is 0. The summed E-state index contributed by atoms with van der Waals surface area (Å²) in [5.74, 6) is -1.80. The van der Waals surface area contributed by atoms with Crippen LogP contribution < -0.4 is 99.3 Å². The van der Waals surface area contributed by atoms with E-state index in [1.54, 1.807) is 0 Å². The van der Waals surface area contributed by atoms with E-state index in [1.807, 2.05) is 0 Å². The average Bonchev–Trinajstić information content (AvgIpc) is 3.02. The van der Waals surface area contributed by atoms with E-state index in [2.05, 4.69) is 15.3 Å². The third-order valence-electron chi connectivity index (χ3n) is 3.84. The second-order valence-electron chi connectivity index (χ2n) is 5.86. The van der Waals surface area contributed by atoms with Crippen molar-refractivity contribution in [1.82, 2.24) is 9.78 Å². The summed E-state index contributed by atoms with van der Waals surface area (Å²) in [6, 6.07) is 8.16. The number of carboxylic acids is 1. The van der Waals surface area contributed by atoms with E-state index < -0.39 is 52.9 Å². The molecule has 0 aliphatic carbocycles. The SMILES string of the molecule is O=C([O-])c1[nH]n(-c2ccc(S(=O)(=O)[O-])cc2)c(=O)c1N=Nc1ccc(S(=O)(=O)[O-])cc1.[Na+].[Na+].[Na+]. The van der Waals surface area contributed by atoms with E-state index in [0.29, 0.717) is 4.68 Å². The fraction of sp³-hybridized carbons (Fsp3) is 0. The number of nitrogens with zero attached hydrogens (tertiary/aromatic N) is 3. The van der Waals surface area contributed by atoms with Crippen LogP contribution in [0.5, 0.6) is 0 Å². The first-order valence-electron chi connectivity index (χ1n) is 7.98. The molecule has 0 radical (unpaired) electrons. The standard InChI is InChI=1S/C16H12N4O9S2.3Na/c21-15-13(18-17-9-1-5-11(6-2-9)30(24,25)26)14(16(22)23)19-20(15)10-3-7-12(8-4-10)31(27,28)29;;;/h1-8,19H,(H,22,23)(H,24,25,26)(H,27,28,29);;;/q;3*+1/p-3. The Bertz CT molecular complexity index is 1470. The topological polar surface area (TPSA) is 217 Å². The molecule has 0 aliphatic rings. The van der Waals surface area contributed by atoms with Crippen LogP contribution in [0.3, 0.4) is 0 Å². The van der Waals surface area contributed by atoms with Crippen LogP contribution in [0.1, 0.15) is 10.5 Å². The molecule has 3 aromatic rings. The summed E-state index contributed by atoms with van der Waals surface area (Å²) in [4.78, 5) is 22.8. The van der Waals surface area contributed by atoms with Crippen LogP contribution in [0.15, 0.2) is 73.3 Å². The quantitative estimate of drug-likeness (QED) is 0.180. The maximum Gasteiger partial charge on any atom is 1.00 e. The van der Waals surface area contributed by atoms with Crippen molar-refractivity contribution >= 4 is 37.6 Å². The Labute approximate surface area is 259 Å². The number of carbonyl (C=O) groups excluding carboxylic acids is 1. The van der Waals surface area contributed by atoms with Gasteiger partial charge in [-0.15, -0.1) is 5.11 Å². The van der Waals surface area contributed by atoms with Gasteiger partial charge < -0.3 is 19.0 Å². The minimum atomic E-state index is -4.72. The van der Waals surface area contributed by atoms with Gasteiger partial charge >= 0.3 is 88.7 Å². The molecule has 1 N–H and O–H groups in total. The van der Waals surface area contributed by atoms with Crippen molar-refractivity contribution < 1.29 is 125 Å². The Hall–Kier alpha value is -0.660. The van der Waals surface area contributed by atoms with Crippen LogP contribution in [-0.4, -0.2) is 41.7 Å². The summed E-state index contributed by atoms with van der Waals surface area (Å²) in [6.45, 7) is 0. The molecular weight excluding hydrogens is 525 g/mol. The van der Waals surface area contributed by atoms with Crippen molar-refractivity contribution in [2.75, 3.05) is 0 Å². The molecular formula is C16H9N4Na3O9S2. The Morgan fingerprint density at radius 1 is 0.794 bits per heavy atom. The van der Waals surface area contributed by atoms with Crippen LogP contribution in [0.25, 0.3) is 5.69 Å². The summed E-state index contributed by atoms with van der Waals surface area (Å²) in [7, 11) is -9.40. The van der Waals surface area contributed by atoms with Crippen molar-refractivity contribution in [3.63, 3.8) is 0 Å². The van der Waals surface area contributed by atoms with Crippen molar-refractivity contribution in [2.24, 2.45) is 10.2 Å². The Morgan fingerprint density at radius 2 is 1.24 bits per heavy atom. The number of carbonyl (C=O) groups is 1. The van der Waals surface area contributed by atoms with Crippen molar-refractivity contribution in [1.29, 1.82) is 0 Å². The first-order valence-corrected chi connectivity index (χ1v) is 10.8. The zero-order valence-electron chi connectivity index (χ0n) is 18.0. The van der Waals surface area contributed by atoms with Crippen LogP contribution in [-0.2, 0) is 20.2 Å². The third-order valence-corrected chi connectivity index (χ3v) is 5.54. The average molecular weight is 534 g/mol. The van der Waals surface area contributed by atoms with E-state index in [9.17, 15) is 40.6 Å². The fourth-order valence-electron chi connectivity index (χ4n) is 2.39. The summed E-state index contributed by atoms with van der Waals surface area (Å²) in [5.41, 5.74) is -2.39. The number of carboxylic acid groups (broad SMARTS) is 1. The van der Waals surface area contributed by atoms with Crippen LogP contribution in [0, 0.1) is 0 Å². The largest absolute Gasteiger partial charge is 1.00 e. The third kappa shape index (κ3) is 7.92. The van der Waals surface area contributed by atoms with Crippen molar-refractivity contribution in [3.8, 4) is 5.69 Å². The molecule has 0 unspecified atom stereocenters. The van der Waals surface area contributed by atoms with Gasteiger partial charge in [0, 0.05) is 0 Å². The second kappa shape index (κ2) is 13.0. The molecule has 0 amide bonds. The van der Waals surface area contributed by atoms with Gasteiger partial charge in [-0.2, -0.15) is 5.11 Å². The number of azo groups is 1. The Kier molecular flexibility index (Phi) is 12.8. The smallest absolute Gasteiger partial charge is 0.744 e. The van der Waals surface area contributed by atoms with Crippen LogP contribution in [0.4, 0.5) is 11.4 Å². The number of aromatic carboxylic acids is 1. The minimum Gasteiger partial charge on any atom is -0.744 e. The minimum absolute atomic E-state index is 0. The van der Waals surface area contributed by atoms with Gasteiger partial charge in [-0.25, -0.2) is 21.5 Å². The fourth-order valence-corrected chi connectivity index (χ4v) is 3.33. The normalized spacial score (nSPS) is 11.2. The van der Waals surface area contributed by atoms with Crippen LogP contribution >= 0.6 is 0 Å². The van der Waals surface area contributed by atoms with Gasteiger partial charge in [0.05, 0.1) is 27.1 Å². The molecule has 13 nitrogen and oxygen atoms in total. The second-order valence-corrected chi connectivity index (χ2v) is 8.62. The molecule has 0 spiro atoms. The van der Waals surface area contributed by atoms with Crippen LogP contribution in [0.2, 0.25) is 0 Å². The summed E-state index contributed by atoms with van der Waals surface area (Å²) in [6.07, 6.45) is 0. The van der Waals surface area contributed by atoms with E-state index in [0.717, 1.165) is 48.5 Å². The van der Waals surface area contributed by atoms with Gasteiger partial charge in [0.1, 0.15) is 25.9 Å². The molecule has 1 heterocycles. The molecule has 3 rings (SSSR count). The first-order chi connectivity index (χ1) is 14.4. The van der Waals surface area contributed by atoms with Crippen molar-refractivity contribution in [3.05, 3.63) is 64.6 Å². The molecule has 18 heteroatoms. The van der Waals surface area contributed by atoms with Gasteiger partial charge in [-0.1, -0.05) is 0 Å².